The normalized spacial score (nSPS) is 14.0. The second kappa shape index (κ2) is 20.1. The summed E-state index contributed by atoms with van der Waals surface area (Å²) in [6.07, 6.45) is -4.29. The number of pyridine rings is 1. The number of nitrogens with zero attached hydrogens (tertiary/aromatic N) is 2. The number of halogens is 3. The van der Waals surface area contributed by atoms with E-state index in [0.29, 0.717) is 43.9 Å². The molecule has 3 unspecified atom stereocenters. The van der Waals surface area contributed by atoms with E-state index in [1.54, 1.807) is 35.4 Å². The fourth-order valence-corrected chi connectivity index (χ4v) is 6.80. The first-order chi connectivity index (χ1) is 25.4. The van der Waals surface area contributed by atoms with Crippen molar-refractivity contribution in [1.82, 2.24) is 31.2 Å². The van der Waals surface area contributed by atoms with Gasteiger partial charge in [-0.3, -0.25) is 19.4 Å². The van der Waals surface area contributed by atoms with Gasteiger partial charge in [-0.05, 0) is 79.7 Å². The molecule has 0 radical (unpaired) electrons. The number of hydrogen-bond donors (Lipinski definition) is 5. The van der Waals surface area contributed by atoms with Crippen molar-refractivity contribution in [2.75, 3.05) is 51.1 Å². The third kappa shape index (κ3) is 12.9. The van der Waals surface area contributed by atoms with Gasteiger partial charge in [-0.1, -0.05) is 59.7 Å². The monoisotopic (exact) mass is 773 g/mol. The molecule has 2 aromatic carbocycles. The molecule has 0 spiro atoms. The lowest BCUT2D eigenvalue weighted by Crippen LogP contribution is -2.57. The highest BCUT2D eigenvalue weighted by atomic mass is 28.4. The molecule has 0 bridgehead atoms. The highest BCUT2D eigenvalue weighted by Crippen LogP contribution is 2.41. The van der Waals surface area contributed by atoms with E-state index in [2.05, 4.69) is 31.6 Å². The third-order valence-corrected chi connectivity index (χ3v) is 14.1. The van der Waals surface area contributed by atoms with Crippen LogP contribution in [0.3, 0.4) is 0 Å². The van der Waals surface area contributed by atoms with Gasteiger partial charge in [-0.2, -0.15) is 13.2 Å². The first-order valence-corrected chi connectivity index (χ1v) is 21.6. The summed E-state index contributed by atoms with van der Waals surface area (Å²) in [5.41, 5.74) is 0.567. The maximum absolute atomic E-state index is 14.5. The summed E-state index contributed by atoms with van der Waals surface area (Å²) in [6, 6.07) is 10.8. The molecule has 3 rings (SSSR count). The van der Waals surface area contributed by atoms with Crippen LogP contribution in [0.25, 0.3) is 10.9 Å². The number of carbonyl (C=O) groups excluding carboxylic acids is 3. The number of aromatic nitrogens is 1. The number of nitrogens with one attached hydrogen (secondary N) is 5. The molecule has 0 aliphatic rings. The van der Waals surface area contributed by atoms with E-state index in [9.17, 15) is 27.6 Å². The fraction of sp³-hybridized carbons (Fsp3) is 0.538. The minimum atomic E-state index is -4.58. The molecule has 0 saturated heterocycles. The van der Waals surface area contributed by atoms with Crippen molar-refractivity contribution < 1.29 is 32.0 Å². The van der Waals surface area contributed by atoms with Crippen molar-refractivity contribution in [3.05, 3.63) is 71.9 Å². The molecule has 3 amide bonds. The quantitative estimate of drug-likeness (QED) is 0.0713. The molecular weight excluding hydrogens is 716 g/mol. The average molecular weight is 774 g/mol. The predicted octanol–water partition coefficient (Wildman–Crippen LogP) is 5.86. The zero-order valence-corrected chi connectivity index (χ0v) is 33.8. The molecule has 1 aromatic heterocycles. The molecule has 54 heavy (non-hydrogen) atoms. The van der Waals surface area contributed by atoms with E-state index in [0.717, 1.165) is 30.6 Å². The SMILES string of the molecule is CCNCCN(CCNCC)C(=O)CC(NCC)C(=O)NC(C(=O)Nc1ccc2ncccc2c1)C(O[Si](C)(C)C(C)(C)C)c1ccc(C(F)(F)F)cc1. The number of carbonyl (C=O) groups is 3. The molecule has 298 valence electrons. The zero-order chi connectivity index (χ0) is 40.1. The predicted molar refractivity (Wildman–Crippen MR) is 211 cm³/mol. The lowest BCUT2D eigenvalue weighted by atomic mass is 9.99. The molecule has 1 heterocycles. The van der Waals surface area contributed by atoms with Gasteiger partial charge in [0.05, 0.1) is 29.6 Å². The lowest BCUT2D eigenvalue weighted by molar-refractivity contribution is -0.137. The number of hydrogen-bond acceptors (Lipinski definition) is 8. The lowest BCUT2D eigenvalue weighted by Gasteiger charge is -2.41. The number of benzene rings is 2. The second-order valence-corrected chi connectivity index (χ2v) is 19.5. The minimum Gasteiger partial charge on any atom is -0.407 e. The van der Waals surface area contributed by atoms with E-state index in [-0.39, 0.29) is 22.9 Å². The standard InChI is InChI=1S/C39H58F3N7O4Si/c1-9-43-21-23-49(24-22-44-10-2)33(50)26-32(45-11-3)36(51)48-34(37(52)47-30-18-19-31-28(25-30)13-12-20-46-31)35(53-54(7,8)38(4,5)6)27-14-16-29(17-15-27)39(40,41)42/h12-20,25,32,34-35,43-45H,9-11,21-24,26H2,1-8H3,(H,47,52)(H,48,51). The van der Waals surface area contributed by atoms with Crippen LogP contribution in [0.1, 0.15) is 65.2 Å². The Labute approximate surface area is 318 Å². The van der Waals surface area contributed by atoms with E-state index >= 15 is 0 Å². The van der Waals surface area contributed by atoms with Crippen LogP contribution in [0.4, 0.5) is 18.9 Å². The second-order valence-electron chi connectivity index (χ2n) is 14.7. The first kappa shape index (κ1) is 44.5. The van der Waals surface area contributed by atoms with Crippen LogP contribution in [0.2, 0.25) is 18.1 Å². The van der Waals surface area contributed by atoms with Gasteiger partial charge in [-0.15, -0.1) is 0 Å². The highest BCUT2D eigenvalue weighted by Gasteiger charge is 2.44. The van der Waals surface area contributed by atoms with Crippen LogP contribution in [0, 0.1) is 0 Å². The van der Waals surface area contributed by atoms with Gasteiger partial charge in [0, 0.05) is 43.4 Å². The van der Waals surface area contributed by atoms with Crippen molar-refractivity contribution in [3.63, 3.8) is 0 Å². The van der Waals surface area contributed by atoms with Gasteiger partial charge in [0.1, 0.15) is 6.04 Å². The third-order valence-electron chi connectivity index (χ3n) is 9.66. The molecule has 0 aliphatic heterocycles. The van der Waals surface area contributed by atoms with Crippen LogP contribution in [0.5, 0.6) is 0 Å². The maximum Gasteiger partial charge on any atom is 0.416 e. The summed E-state index contributed by atoms with van der Waals surface area (Å²) < 4.78 is 47.8. The van der Waals surface area contributed by atoms with E-state index < -0.39 is 50.1 Å². The van der Waals surface area contributed by atoms with Gasteiger partial charge in [-0.25, -0.2) is 0 Å². The number of fused-ring (bicyclic) bond motifs is 1. The van der Waals surface area contributed by atoms with E-state index in [1.807, 2.05) is 60.7 Å². The molecular formula is C39H58F3N7O4Si. The van der Waals surface area contributed by atoms with Crippen LogP contribution in [0.15, 0.2) is 60.8 Å². The Morgan fingerprint density at radius 1 is 0.870 bits per heavy atom. The molecule has 15 heteroatoms. The summed E-state index contributed by atoms with van der Waals surface area (Å²) >= 11 is 0. The van der Waals surface area contributed by atoms with E-state index in [1.165, 1.54) is 12.1 Å². The Morgan fingerprint density at radius 3 is 2.06 bits per heavy atom. The molecule has 0 aliphatic carbocycles. The van der Waals surface area contributed by atoms with Crippen LogP contribution in [-0.4, -0.2) is 93.8 Å². The Balaban J connectivity index is 2.07. The van der Waals surface area contributed by atoms with Crippen molar-refractivity contribution in [3.8, 4) is 0 Å². The Kier molecular flexibility index (Phi) is 16.6. The summed E-state index contributed by atoms with van der Waals surface area (Å²) in [4.78, 5) is 48.5. The number of anilines is 1. The minimum absolute atomic E-state index is 0.183. The molecule has 0 saturated carbocycles. The zero-order valence-electron chi connectivity index (χ0n) is 32.8. The van der Waals surface area contributed by atoms with Gasteiger partial charge in [0.15, 0.2) is 8.32 Å². The summed E-state index contributed by atoms with van der Waals surface area (Å²) in [7, 11) is -2.75. The summed E-state index contributed by atoms with van der Waals surface area (Å²) in [6.45, 7) is 19.6. The van der Waals surface area contributed by atoms with E-state index in [4.69, 9.17) is 4.43 Å². The number of likely N-dealkylation sites (N-methyl/N-ethyl adjacent to an activating group) is 3. The molecule has 0 fully saturated rings. The number of alkyl halides is 3. The molecule has 3 aromatic rings. The number of rotatable bonds is 20. The van der Waals surface area contributed by atoms with Crippen LogP contribution in [-0.2, 0) is 25.0 Å². The Bertz CT molecular complexity index is 1660. The highest BCUT2D eigenvalue weighted by molar-refractivity contribution is 6.74. The largest absolute Gasteiger partial charge is 0.416 e. The Hall–Kier alpha value is -3.89. The van der Waals surface area contributed by atoms with Crippen molar-refractivity contribution >= 4 is 42.6 Å². The molecule has 5 N–H and O–H groups in total. The topological polar surface area (TPSA) is 137 Å². The van der Waals surface area contributed by atoms with Crippen molar-refractivity contribution in [2.45, 2.75) is 90.5 Å². The van der Waals surface area contributed by atoms with Crippen LogP contribution >= 0.6 is 0 Å². The Morgan fingerprint density at radius 2 is 1.50 bits per heavy atom. The molecule has 11 nitrogen and oxygen atoms in total. The summed E-state index contributed by atoms with van der Waals surface area (Å²) in [5, 5.41) is 15.8. The van der Waals surface area contributed by atoms with Gasteiger partial charge < -0.3 is 35.9 Å². The van der Waals surface area contributed by atoms with Crippen LogP contribution < -0.4 is 26.6 Å². The fourth-order valence-electron chi connectivity index (χ4n) is 5.54. The van der Waals surface area contributed by atoms with Crippen molar-refractivity contribution in [2.24, 2.45) is 0 Å². The average Bonchev–Trinajstić information content (AvgIpc) is 3.11. The van der Waals surface area contributed by atoms with Gasteiger partial charge in [0.25, 0.3) is 0 Å². The smallest absolute Gasteiger partial charge is 0.407 e. The number of amides is 3. The van der Waals surface area contributed by atoms with Gasteiger partial charge in [0.2, 0.25) is 17.7 Å². The first-order valence-electron chi connectivity index (χ1n) is 18.6. The summed E-state index contributed by atoms with van der Waals surface area (Å²) in [5.74, 6) is -1.51. The molecule has 3 atom stereocenters. The van der Waals surface area contributed by atoms with Crippen molar-refractivity contribution in [1.29, 1.82) is 0 Å². The van der Waals surface area contributed by atoms with Gasteiger partial charge >= 0.3 is 6.18 Å². The maximum atomic E-state index is 14.5.